The molecule has 1 aromatic heterocycles. The van der Waals surface area contributed by atoms with Crippen molar-refractivity contribution in [2.45, 2.75) is 25.3 Å². The van der Waals surface area contributed by atoms with Crippen molar-refractivity contribution in [1.29, 1.82) is 0 Å². The highest BCUT2D eigenvalue weighted by Gasteiger charge is 2.38. The van der Waals surface area contributed by atoms with Gasteiger partial charge in [-0.1, -0.05) is 12.1 Å². The number of aromatic nitrogens is 2. The van der Waals surface area contributed by atoms with Crippen molar-refractivity contribution in [3.8, 4) is 11.5 Å². The highest BCUT2D eigenvalue weighted by atomic mass is 16.6. The lowest BCUT2D eigenvalue weighted by Crippen LogP contribution is -2.43. The molecular formula is C25H26N4O5. The van der Waals surface area contributed by atoms with Crippen LogP contribution in [-0.4, -0.2) is 59.1 Å². The summed E-state index contributed by atoms with van der Waals surface area (Å²) in [5.74, 6) is 0.883. The lowest BCUT2D eigenvalue weighted by atomic mass is 10.0. The van der Waals surface area contributed by atoms with Crippen LogP contribution in [0.2, 0.25) is 0 Å². The molecule has 3 aromatic rings. The number of hydrogen-bond acceptors (Lipinski definition) is 5. The number of piperidine rings is 1. The number of carbonyl (C=O) groups excluding carboxylic acids is 2. The third-order valence-electron chi connectivity index (χ3n) is 7.08. The maximum Gasteiger partial charge on any atom is 0.326 e. The third-order valence-corrected chi connectivity index (χ3v) is 7.08. The van der Waals surface area contributed by atoms with Crippen LogP contribution in [0.25, 0.3) is 11.0 Å². The van der Waals surface area contributed by atoms with Gasteiger partial charge in [0.2, 0.25) is 11.8 Å². The predicted molar refractivity (Wildman–Crippen MR) is 125 cm³/mol. The van der Waals surface area contributed by atoms with Crippen LogP contribution in [0, 0.1) is 5.92 Å². The molecule has 176 valence electrons. The smallest absolute Gasteiger partial charge is 0.326 e. The zero-order valence-electron chi connectivity index (χ0n) is 18.7. The molecule has 2 amide bonds. The Hall–Kier alpha value is -3.75. The van der Waals surface area contributed by atoms with Crippen molar-refractivity contribution in [2.24, 2.45) is 5.92 Å². The topological polar surface area (TPSA) is 96.9 Å². The summed E-state index contributed by atoms with van der Waals surface area (Å²) in [6.45, 7) is 2.50. The van der Waals surface area contributed by atoms with Crippen molar-refractivity contribution >= 4 is 28.5 Å². The van der Waals surface area contributed by atoms with Gasteiger partial charge >= 0.3 is 5.69 Å². The largest absolute Gasteiger partial charge is 0.486 e. The van der Waals surface area contributed by atoms with E-state index in [4.69, 9.17) is 9.47 Å². The fourth-order valence-electron chi connectivity index (χ4n) is 5.36. The predicted octanol–water partition coefficient (Wildman–Crippen LogP) is 2.32. The van der Waals surface area contributed by atoms with Gasteiger partial charge < -0.3 is 24.3 Å². The minimum absolute atomic E-state index is 0.0121. The molecule has 0 bridgehead atoms. The van der Waals surface area contributed by atoms with E-state index in [9.17, 15) is 14.4 Å². The number of para-hydroxylation sites is 2. The van der Waals surface area contributed by atoms with E-state index in [-0.39, 0.29) is 35.9 Å². The molecule has 6 rings (SSSR count). The Labute approximate surface area is 195 Å². The Balaban J connectivity index is 1.12. The monoisotopic (exact) mass is 462 g/mol. The van der Waals surface area contributed by atoms with Crippen LogP contribution in [0.4, 0.5) is 5.69 Å². The summed E-state index contributed by atoms with van der Waals surface area (Å²) in [7, 11) is 0. The molecule has 0 unspecified atom stereocenters. The Bertz CT molecular complexity index is 1320. The second-order valence-corrected chi connectivity index (χ2v) is 9.11. The lowest BCUT2D eigenvalue weighted by Gasteiger charge is -2.34. The fourth-order valence-corrected chi connectivity index (χ4v) is 5.36. The molecule has 0 spiro atoms. The number of carbonyl (C=O) groups is 2. The SMILES string of the molecule is O=C([C@@H]1CC(=O)N(c2ccc3c(c2)OCCO3)C1)N1CCC(n2c(=O)[nH]c3ccccc32)CC1. The number of ether oxygens (including phenoxy) is 2. The number of rotatable bonds is 3. The van der Waals surface area contributed by atoms with Crippen molar-refractivity contribution in [2.75, 3.05) is 37.7 Å². The van der Waals surface area contributed by atoms with E-state index in [1.54, 1.807) is 4.90 Å². The quantitative estimate of drug-likeness (QED) is 0.644. The summed E-state index contributed by atoms with van der Waals surface area (Å²) in [6.07, 6.45) is 1.62. The number of fused-ring (bicyclic) bond motifs is 2. The van der Waals surface area contributed by atoms with Crippen LogP contribution in [0.15, 0.2) is 47.3 Å². The van der Waals surface area contributed by atoms with Gasteiger partial charge in [-0.15, -0.1) is 0 Å². The molecule has 0 radical (unpaired) electrons. The van der Waals surface area contributed by atoms with Crippen molar-refractivity contribution in [3.05, 3.63) is 52.9 Å². The fraction of sp³-hybridized carbons (Fsp3) is 0.400. The second-order valence-electron chi connectivity index (χ2n) is 9.11. The van der Waals surface area contributed by atoms with Crippen LogP contribution in [0.3, 0.4) is 0 Å². The number of nitrogens with zero attached hydrogens (tertiary/aromatic N) is 3. The number of benzene rings is 2. The van der Waals surface area contributed by atoms with E-state index in [1.165, 1.54) is 0 Å². The lowest BCUT2D eigenvalue weighted by molar-refractivity contribution is -0.137. The second kappa shape index (κ2) is 8.23. The summed E-state index contributed by atoms with van der Waals surface area (Å²) >= 11 is 0. The molecule has 2 fully saturated rings. The molecule has 2 aromatic carbocycles. The summed E-state index contributed by atoms with van der Waals surface area (Å²) in [6, 6.07) is 13.2. The highest BCUT2D eigenvalue weighted by molar-refractivity contribution is 6.00. The van der Waals surface area contributed by atoms with Gasteiger partial charge in [-0.25, -0.2) is 4.79 Å². The first-order valence-electron chi connectivity index (χ1n) is 11.8. The molecule has 2 saturated heterocycles. The minimum Gasteiger partial charge on any atom is -0.486 e. The molecule has 4 heterocycles. The van der Waals surface area contributed by atoms with E-state index in [1.807, 2.05) is 51.9 Å². The maximum atomic E-state index is 13.3. The molecule has 0 aliphatic carbocycles. The number of hydrogen-bond donors (Lipinski definition) is 1. The molecular weight excluding hydrogens is 436 g/mol. The number of H-pyrrole nitrogens is 1. The van der Waals surface area contributed by atoms with Gasteiger partial charge in [0, 0.05) is 43.9 Å². The van der Waals surface area contributed by atoms with Gasteiger partial charge in [0.15, 0.2) is 11.5 Å². The number of likely N-dealkylation sites (tertiary alicyclic amines) is 1. The van der Waals surface area contributed by atoms with Crippen molar-refractivity contribution in [3.63, 3.8) is 0 Å². The van der Waals surface area contributed by atoms with E-state index in [0.717, 1.165) is 16.7 Å². The Morgan fingerprint density at radius 1 is 0.971 bits per heavy atom. The van der Waals surface area contributed by atoms with E-state index in [2.05, 4.69) is 4.98 Å². The van der Waals surface area contributed by atoms with Gasteiger partial charge in [0.1, 0.15) is 13.2 Å². The molecule has 3 aliphatic heterocycles. The molecule has 1 N–H and O–H groups in total. The molecule has 1 atom stereocenters. The number of anilines is 1. The summed E-state index contributed by atoms with van der Waals surface area (Å²) in [5, 5.41) is 0. The molecule has 0 saturated carbocycles. The van der Waals surface area contributed by atoms with Crippen molar-refractivity contribution < 1.29 is 19.1 Å². The van der Waals surface area contributed by atoms with Crippen LogP contribution in [-0.2, 0) is 9.59 Å². The number of imidazole rings is 1. The first kappa shape index (κ1) is 20.8. The summed E-state index contributed by atoms with van der Waals surface area (Å²) in [4.78, 5) is 45.0. The molecule has 9 nitrogen and oxygen atoms in total. The average Bonchev–Trinajstić information content (AvgIpc) is 3.42. The van der Waals surface area contributed by atoms with Gasteiger partial charge in [0.05, 0.1) is 17.0 Å². The van der Waals surface area contributed by atoms with E-state index in [0.29, 0.717) is 57.2 Å². The minimum atomic E-state index is -0.368. The van der Waals surface area contributed by atoms with Crippen LogP contribution in [0.1, 0.15) is 25.3 Å². The average molecular weight is 463 g/mol. The summed E-state index contributed by atoms with van der Waals surface area (Å²) < 4.78 is 13.0. The molecule has 34 heavy (non-hydrogen) atoms. The Kier molecular flexibility index (Phi) is 5.04. The zero-order valence-corrected chi connectivity index (χ0v) is 18.7. The van der Waals surface area contributed by atoms with Gasteiger partial charge in [-0.3, -0.25) is 14.2 Å². The Morgan fingerprint density at radius 3 is 2.56 bits per heavy atom. The van der Waals surface area contributed by atoms with Crippen LogP contribution < -0.4 is 20.1 Å². The van der Waals surface area contributed by atoms with Crippen LogP contribution >= 0.6 is 0 Å². The van der Waals surface area contributed by atoms with Crippen LogP contribution in [0.5, 0.6) is 11.5 Å². The zero-order chi connectivity index (χ0) is 23.2. The molecule has 9 heteroatoms. The van der Waals surface area contributed by atoms with E-state index < -0.39 is 0 Å². The highest BCUT2D eigenvalue weighted by Crippen LogP contribution is 2.36. The first-order chi connectivity index (χ1) is 16.6. The Morgan fingerprint density at radius 2 is 1.74 bits per heavy atom. The maximum absolute atomic E-state index is 13.3. The number of amides is 2. The summed E-state index contributed by atoms with van der Waals surface area (Å²) in [5.41, 5.74) is 2.34. The van der Waals surface area contributed by atoms with Gasteiger partial charge in [-0.05, 0) is 37.1 Å². The third kappa shape index (κ3) is 3.52. The van der Waals surface area contributed by atoms with Crippen molar-refractivity contribution in [1.82, 2.24) is 14.5 Å². The number of nitrogens with one attached hydrogen (secondary N) is 1. The van der Waals surface area contributed by atoms with Gasteiger partial charge in [-0.2, -0.15) is 0 Å². The standard InChI is InChI=1S/C25H26N4O5/c30-23-13-16(15-28(23)18-5-6-21-22(14-18)34-12-11-33-21)24(31)27-9-7-17(8-10-27)29-20-4-2-1-3-19(20)26-25(29)32/h1-6,14,16-17H,7-13,15H2,(H,26,32)/t16-/m1/s1. The first-order valence-corrected chi connectivity index (χ1v) is 11.8. The van der Waals surface area contributed by atoms with Gasteiger partial charge in [0.25, 0.3) is 0 Å². The van der Waals surface area contributed by atoms with E-state index >= 15 is 0 Å². The normalized spacial score (nSPS) is 20.8. The number of aromatic amines is 1. The molecule has 3 aliphatic rings.